The van der Waals surface area contributed by atoms with Crippen molar-refractivity contribution in [2.24, 2.45) is 17.6 Å². The van der Waals surface area contributed by atoms with Crippen LogP contribution in [-0.2, 0) is 29.1 Å². The Labute approximate surface area is 259 Å². The summed E-state index contributed by atoms with van der Waals surface area (Å²) in [6.07, 6.45) is 0.177. The fourth-order valence-corrected chi connectivity index (χ4v) is 7.31. The number of aliphatic hydroxyl groups is 3. The van der Waals surface area contributed by atoms with Crippen LogP contribution >= 0.6 is 0 Å². The summed E-state index contributed by atoms with van der Waals surface area (Å²) in [5.41, 5.74) is 3.87. The van der Waals surface area contributed by atoms with E-state index in [2.05, 4.69) is 17.0 Å². The predicted molar refractivity (Wildman–Crippen MR) is 163 cm³/mol. The number of Topliss-reactive ketones (excluding diaryl/α,β-unsaturated/α-hetero) is 2. The van der Waals surface area contributed by atoms with Crippen molar-refractivity contribution in [1.82, 2.24) is 9.80 Å². The SMILES string of the molecule is CN(Cc1ccccc1)Cc1ccc(-c2ccc(O)c3c2C[C@H]2C[C@H]4[C@H](N(C)C)C(O)=C(C(N)=O)C(=O)[C@@]4(O)C(O)=C2C3=O)o1. The summed E-state index contributed by atoms with van der Waals surface area (Å²) >= 11 is 0. The number of nitrogens with zero attached hydrogens (tertiary/aromatic N) is 2. The van der Waals surface area contributed by atoms with Crippen LogP contribution in [0.2, 0.25) is 0 Å². The molecule has 0 unspecified atom stereocenters. The van der Waals surface area contributed by atoms with Gasteiger partial charge in [0.15, 0.2) is 11.4 Å². The fraction of sp³-hybridized carbons (Fsp3) is 0.324. The van der Waals surface area contributed by atoms with Crippen molar-refractivity contribution >= 4 is 17.5 Å². The predicted octanol–water partition coefficient (Wildman–Crippen LogP) is 3.01. The van der Waals surface area contributed by atoms with E-state index in [1.54, 1.807) is 26.2 Å². The molecule has 3 aliphatic rings. The van der Waals surface area contributed by atoms with E-state index in [1.807, 2.05) is 31.3 Å². The van der Waals surface area contributed by atoms with Crippen molar-refractivity contribution in [2.45, 2.75) is 37.6 Å². The first kappa shape index (κ1) is 30.3. The maximum absolute atomic E-state index is 14.0. The number of hydrogen-bond donors (Lipinski definition) is 5. The van der Waals surface area contributed by atoms with Gasteiger partial charge in [-0.05, 0) is 75.3 Å². The molecule has 45 heavy (non-hydrogen) atoms. The molecule has 3 aliphatic carbocycles. The van der Waals surface area contributed by atoms with Crippen LogP contribution in [0, 0.1) is 11.8 Å². The van der Waals surface area contributed by atoms with Crippen molar-refractivity contribution in [3.05, 3.63) is 99.7 Å². The van der Waals surface area contributed by atoms with Gasteiger partial charge < -0.3 is 30.6 Å². The Morgan fingerprint density at radius 1 is 1.00 bits per heavy atom. The van der Waals surface area contributed by atoms with E-state index in [0.29, 0.717) is 29.2 Å². The molecule has 6 rings (SSSR count). The summed E-state index contributed by atoms with van der Waals surface area (Å²) in [6, 6.07) is 15.7. The molecule has 1 heterocycles. The van der Waals surface area contributed by atoms with Crippen molar-refractivity contribution < 1.29 is 39.2 Å². The quantitative estimate of drug-likeness (QED) is 0.249. The second kappa shape index (κ2) is 11.0. The van der Waals surface area contributed by atoms with Crippen LogP contribution in [-0.4, -0.2) is 80.5 Å². The maximum Gasteiger partial charge on any atom is 0.255 e. The van der Waals surface area contributed by atoms with E-state index < -0.39 is 58.0 Å². The fourth-order valence-electron chi connectivity index (χ4n) is 7.31. The number of aliphatic hydroxyl groups excluding tert-OH is 2. The molecule has 11 heteroatoms. The number of benzene rings is 2. The zero-order valence-electron chi connectivity index (χ0n) is 25.2. The maximum atomic E-state index is 14.0. The van der Waals surface area contributed by atoms with Gasteiger partial charge in [0.2, 0.25) is 5.78 Å². The molecule has 4 atom stereocenters. The van der Waals surface area contributed by atoms with Crippen LogP contribution in [0.15, 0.2) is 81.7 Å². The smallest absolute Gasteiger partial charge is 0.255 e. The monoisotopic (exact) mass is 613 g/mol. The number of hydrogen-bond acceptors (Lipinski definition) is 10. The topological polar surface area (TPSA) is 178 Å². The molecule has 1 amide bonds. The number of phenols is 1. The van der Waals surface area contributed by atoms with Crippen molar-refractivity contribution in [3.63, 3.8) is 0 Å². The number of fused-ring (bicyclic) bond motifs is 3. The number of rotatable bonds is 7. The van der Waals surface area contributed by atoms with Gasteiger partial charge in [0.1, 0.15) is 34.4 Å². The Hall–Kier alpha value is -4.71. The minimum atomic E-state index is -2.68. The van der Waals surface area contributed by atoms with Crippen molar-refractivity contribution in [2.75, 3.05) is 21.1 Å². The first-order valence-electron chi connectivity index (χ1n) is 14.7. The number of furan rings is 1. The van der Waals surface area contributed by atoms with E-state index in [4.69, 9.17) is 10.2 Å². The number of carbonyl (C=O) groups excluding carboxylic acids is 3. The number of carbonyl (C=O) groups is 3. The van der Waals surface area contributed by atoms with Crippen LogP contribution in [0.25, 0.3) is 11.3 Å². The van der Waals surface area contributed by atoms with Gasteiger partial charge in [-0.15, -0.1) is 0 Å². The summed E-state index contributed by atoms with van der Waals surface area (Å²) in [5, 5.41) is 45.1. The van der Waals surface area contributed by atoms with E-state index in [-0.39, 0.29) is 29.7 Å². The number of allylic oxidation sites excluding steroid dienone is 1. The first-order valence-corrected chi connectivity index (χ1v) is 14.7. The molecule has 0 bridgehead atoms. The molecule has 0 fully saturated rings. The Morgan fingerprint density at radius 3 is 2.38 bits per heavy atom. The number of phenolic OH excluding ortho intramolecular Hbond substituents is 1. The molecule has 0 radical (unpaired) electrons. The number of primary amides is 1. The molecule has 0 aliphatic heterocycles. The number of ketones is 2. The molecule has 3 aromatic rings. The minimum Gasteiger partial charge on any atom is -0.510 e. The van der Waals surface area contributed by atoms with Gasteiger partial charge in [-0.3, -0.25) is 24.2 Å². The summed E-state index contributed by atoms with van der Waals surface area (Å²) in [5.74, 6) is -5.67. The molecule has 234 valence electrons. The Balaban J connectivity index is 1.38. The summed E-state index contributed by atoms with van der Waals surface area (Å²) in [6.45, 7) is 1.25. The summed E-state index contributed by atoms with van der Waals surface area (Å²) in [7, 11) is 5.17. The molecular weight excluding hydrogens is 578 g/mol. The van der Waals surface area contributed by atoms with E-state index >= 15 is 0 Å². The third-order valence-corrected chi connectivity index (χ3v) is 9.25. The lowest BCUT2D eigenvalue weighted by molar-refractivity contribution is -0.148. The van der Waals surface area contributed by atoms with E-state index in [9.17, 15) is 34.8 Å². The molecule has 11 nitrogen and oxygen atoms in total. The number of nitrogens with two attached hydrogens (primary N) is 1. The van der Waals surface area contributed by atoms with E-state index in [0.717, 1.165) is 12.1 Å². The average Bonchev–Trinajstić information content (AvgIpc) is 3.43. The molecular formula is C34H35N3O8. The summed E-state index contributed by atoms with van der Waals surface area (Å²) in [4.78, 5) is 43.3. The molecule has 6 N–H and O–H groups in total. The van der Waals surface area contributed by atoms with Gasteiger partial charge >= 0.3 is 0 Å². The third-order valence-electron chi connectivity index (χ3n) is 9.25. The average molecular weight is 614 g/mol. The highest BCUT2D eigenvalue weighted by Crippen LogP contribution is 2.53. The van der Waals surface area contributed by atoms with Crippen LogP contribution in [0.1, 0.15) is 33.7 Å². The number of likely N-dealkylation sites (N-methyl/N-ethyl adjacent to an activating group) is 1. The second-order valence-corrected chi connectivity index (χ2v) is 12.4. The molecule has 0 saturated heterocycles. The Morgan fingerprint density at radius 2 is 1.71 bits per heavy atom. The highest BCUT2D eigenvalue weighted by atomic mass is 16.4. The first-order chi connectivity index (χ1) is 21.3. The van der Waals surface area contributed by atoms with Crippen LogP contribution in [0.5, 0.6) is 5.75 Å². The lowest BCUT2D eigenvalue weighted by Crippen LogP contribution is -2.63. The van der Waals surface area contributed by atoms with Crippen LogP contribution < -0.4 is 5.73 Å². The van der Waals surface area contributed by atoms with Gasteiger partial charge in [-0.1, -0.05) is 30.3 Å². The lowest BCUT2D eigenvalue weighted by Gasteiger charge is -2.50. The van der Waals surface area contributed by atoms with Gasteiger partial charge in [-0.2, -0.15) is 0 Å². The minimum absolute atomic E-state index is 0.00848. The standard InChI is InChI=1S/C34H35N3O8/c1-36(2)28-22-14-18-13-21-20(24-12-9-19(45-24)16-37(3)15-17-7-5-4-6-8-17)10-11-23(38)26(21)29(39)25(18)31(41)34(22,44)32(42)27(30(28)40)33(35)43/h4-12,18,22,28,38,40-41,44H,13-16H2,1-3H3,(H2,35,43)/t18-,22-,28-,34-/m0/s1. The molecule has 1 aromatic heterocycles. The second-order valence-electron chi connectivity index (χ2n) is 12.4. The van der Waals surface area contributed by atoms with Crippen molar-refractivity contribution in [1.29, 1.82) is 0 Å². The van der Waals surface area contributed by atoms with Gasteiger partial charge in [0, 0.05) is 23.6 Å². The zero-order valence-corrected chi connectivity index (χ0v) is 25.2. The zero-order chi connectivity index (χ0) is 32.4. The van der Waals surface area contributed by atoms with Gasteiger partial charge in [-0.25, -0.2) is 0 Å². The largest absolute Gasteiger partial charge is 0.510 e. The number of amides is 1. The molecule has 0 spiro atoms. The molecule has 0 saturated carbocycles. The van der Waals surface area contributed by atoms with Crippen molar-refractivity contribution in [3.8, 4) is 17.1 Å². The van der Waals surface area contributed by atoms with Gasteiger partial charge in [0.25, 0.3) is 5.91 Å². The van der Waals surface area contributed by atoms with Crippen LogP contribution in [0.3, 0.4) is 0 Å². The highest BCUT2D eigenvalue weighted by molar-refractivity contribution is 6.24. The normalized spacial score (nSPS) is 24.6. The number of aromatic hydroxyl groups is 1. The Bertz CT molecular complexity index is 1790. The summed E-state index contributed by atoms with van der Waals surface area (Å²) < 4.78 is 6.22. The Kier molecular flexibility index (Phi) is 7.43. The van der Waals surface area contributed by atoms with Crippen LogP contribution in [0.4, 0.5) is 0 Å². The highest BCUT2D eigenvalue weighted by Gasteiger charge is 2.63. The molecule has 2 aromatic carbocycles. The lowest BCUT2D eigenvalue weighted by atomic mass is 9.58. The third kappa shape index (κ3) is 4.75. The van der Waals surface area contributed by atoms with E-state index in [1.165, 1.54) is 11.0 Å². The van der Waals surface area contributed by atoms with Gasteiger partial charge in [0.05, 0.1) is 18.2 Å².